The van der Waals surface area contributed by atoms with Gasteiger partial charge in [-0.25, -0.2) is 0 Å². The van der Waals surface area contributed by atoms with Crippen molar-refractivity contribution in [2.45, 2.75) is 6.42 Å². The summed E-state index contributed by atoms with van der Waals surface area (Å²) in [5.74, 6) is -0.172. The number of hydrogen-bond acceptors (Lipinski definition) is 3. The predicted molar refractivity (Wildman–Crippen MR) is 48.7 cm³/mol. The van der Waals surface area contributed by atoms with E-state index >= 15 is 0 Å². The molecule has 0 aliphatic carbocycles. The summed E-state index contributed by atoms with van der Waals surface area (Å²) in [7, 11) is -1.92. The minimum absolute atomic E-state index is 0.172. The number of rotatable bonds is 6. The second-order valence-electron chi connectivity index (χ2n) is 2.69. The average molecular weight is 193 g/mol. The van der Waals surface area contributed by atoms with Gasteiger partial charge in [0, 0.05) is 6.54 Å². The molecule has 5 heteroatoms. The molecule has 0 saturated heterocycles. The van der Waals surface area contributed by atoms with Crippen LogP contribution in [0.5, 0.6) is 0 Å². The Morgan fingerprint density at radius 1 is 1.58 bits per heavy atom. The van der Waals surface area contributed by atoms with Crippen LogP contribution in [-0.2, 0) is 10.1 Å². The van der Waals surface area contributed by atoms with Crippen molar-refractivity contribution in [3.05, 3.63) is 12.7 Å². The second-order valence-corrected chi connectivity index (χ2v) is 4.26. The van der Waals surface area contributed by atoms with Gasteiger partial charge in [0.2, 0.25) is 0 Å². The summed E-state index contributed by atoms with van der Waals surface area (Å²) in [6.07, 6.45) is 2.19. The number of nitrogens with zero attached hydrogens (tertiary/aromatic N) is 1. The molecule has 1 N–H and O–H groups in total. The summed E-state index contributed by atoms with van der Waals surface area (Å²) >= 11 is 0. The van der Waals surface area contributed by atoms with E-state index in [-0.39, 0.29) is 5.75 Å². The van der Waals surface area contributed by atoms with Gasteiger partial charge in [0.1, 0.15) is 0 Å². The standard InChI is InChI=1S/C7H15NO3S/c1-3-5-8(2)6-4-7-12(9,10)11/h3H,1,4-7H2,2H3,(H,9,10,11). The molecular weight excluding hydrogens is 178 g/mol. The van der Waals surface area contributed by atoms with Crippen molar-refractivity contribution in [3.63, 3.8) is 0 Å². The largest absolute Gasteiger partial charge is 0.303 e. The van der Waals surface area contributed by atoms with Crippen LogP contribution in [0.15, 0.2) is 12.7 Å². The number of likely N-dealkylation sites (N-methyl/N-ethyl adjacent to an activating group) is 1. The van der Waals surface area contributed by atoms with Crippen LogP contribution in [0.4, 0.5) is 0 Å². The van der Waals surface area contributed by atoms with Crippen LogP contribution in [0.2, 0.25) is 0 Å². The third-order valence-corrected chi connectivity index (χ3v) is 2.19. The fourth-order valence-electron chi connectivity index (χ4n) is 0.829. The molecule has 0 saturated carbocycles. The topological polar surface area (TPSA) is 57.6 Å². The molecule has 0 bridgehead atoms. The zero-order valence-corrected chi connectivity index (χ0v) is 8.05. The first-order valence-corrected chi connectivity index (χ1v) is 5.31. The fourth-order valence-corrected chi connectivity index (χ4v) is 1.32. The summed E-state index contributed by atoms with van der Waals surface area (Å²) in [6, 6.07) is 0. The Bertz CT molecular complexity index is 223. The van der Waals surface area contributed by atoms with Gasteiger partial charge in [-0.3, -0.25) is 4.55 Å². The molecule has 0 aromatic carbocycles. The minimum atomic E-state index is -3.79. The third kappa shape index (κ3) is 7.71. The minimum Gasteiger partial charge on any atom is -0.303 e. The normalized spacial score (nSPS) is 11.9. The third-order valence-electron chi connectivity index (χ3n) is 1.38. The zero-order valence-electron chi connectivity index (χ0n) is 7.23. The summed E-state index contributed by atoms with van der Waals surface area (Å²) in [6.45, 7) is 4.92. The van der Waals surface area contributed by atoms with Crippen molar-refractivity contribution in [1.82, 2.24) is 4.90 Å². The highest BCUT2D eigenvalue weighted by molar-refractivity contribution is 7.85. The lowest BCUT2D eigenvalue weighted by Gasteiger charge is -2.12. The van der Waals surface area contributed by atoms with Gasteiger partial charge in [0.25, 0.3) is 10.1 Å². The molecule has 0 aromatic heterocycles. The van der Waals surface area contributed by atoms with E-state index in [9.17, 15) is 8.42 Å². The molecule has 0 spiro atoms. The van der Waals surface area contributed by atoms with Crippen molar-refractivity contribution in [2.75, 3.05) is 25.9 Å². The molecule has 0 aliphatic heterocycles. The first-order valence-electron chi connectivity index (χ1n) is 3.70. The van der Waals surface area contributed by atoms with E-state index < -0.39 is 10.1 Å². The first-order chi connectivity index (χ1) is 5.45. The van der Waals surface area contributed by atoms with Crippen molar-refractivity contribution >= 4 is 10.1 Å². The van der Waals surface area contributed by atoms with Crippen LogP contribution < -0.4 is 0 Å². The van der Waals surface area contributed by atoms with Gasteiger partial charge in [-0.05, 0) is 20.0 Å². The molecule has 0 atom stereocenters. The Kier molecular flexibility index (Phi) is 5.12. The Hall–Kier alpha value is -0.390. The molecule has 12 heavy (non-hydrogen) atoms. The van der Waals surface area contributed by atoms with Crippen LogP contribution in [0.3, 0.4) is 0 Å². The maximum atomic E-state index is 10.3. The van der Waals surface area contributed by atoms with Crippen LogP contribution in [0, 0.1) is 0 Å². The van der Waals surface area contributed by atoms with Crippen molar-refractivity contribution in [3.8, 4) is 0 Å². The maximum absolute atomic E-state index is 10.3. The molecule has 0 aliphatic rings. The Balaban J connectivity index is 3.50. The van der Waals surface area contributed by atoms with Gasteiger partial charge in [0.05, 0.1) is 5.75 Å². The van der Waals surface area contributed by atoms with E-state index in [0.717, 1.165) is 6.54 Å². The van der Waals surface area contributed by atoms with E-state index in [1.54, 1.807) is 6.08 Å². The summed E-state index contributed by atoms with van der Waals surface area (Å²) in [5, 5.41) is 0. The van der Waals surface area contributed by atoms with Gasteiger partial charge < -0.3 is 4.90 Å². The van der Waals surface area contributed by atoms with E-state index in [2.05, 4.69) is 6.58 Å². The van der Waals surface area contributed by atoms with E-state index in [1.807, 2.05) is 11.9 Å². The maximum Gasteiger partial charge on any atom is 0.264 e. The Labute approximate surface area is 73.6 Å². The summed E-state index contributed by atoms with van der Waals surface area (Å²) < 4.78 is 29.0. The average Bonchev–Trinajstić information content (AvgIpc) is 1.84. The molecule has 0 amide bonds. The quantitative estimate of drug-likeness (QED) is 0.489. The smallest absolute Gasteiger partial charge is 0.264 e. The lowest BCUT2D eigenvalue weighted by molar-refractivity contribution is 0.368. The van der Waals surface area contributed by atoms with Crippen LogP contribution in [0.1, 0.15) is 6.42 Å². The molecular formula is C7H15NO3S. The van der Waals surface area contributed by atoms with E-state index in [4.69, 9.17) is 4.55 Å². The molecule has 72 valence electrons. The lowest BCUT2D eigenvalue weighted by Crippen LogP contribution is -2.21. The predicted octanol–water partition coefficient (Wildman–Crippen LogP) is 0.382. The van der Waals surface area contributed by atoms with E-state index in [0.29, 0.717) is 13.0 Å². The molecule has 0 rings (SSSR count). The van der Waals surface area contributed by atoms with Crippen LogP contribution >= 0.6 is 0 Å². The van der Waals surface area contributed by atoms with Crippen LogP contribution in [0.25, 0.3) is 0 Å². The highest BCUT2D eigenvalue weighted by atomic mass is 32.2. The van der Waals surface area contributed by atoms with Gasteiger partial charge >= 0.3 is 0 Å². The summed E-state index contributed by atoms with van der Waals surface area (Å²) in [4.78, 5) is 1.93. The Morgan fingerprint density at radius 2 is 2.17 bits per heavy atom. The Morgan fingerprint density at radius 3 is 2.58 bits per heavy atom. The van der Waals surface area contributed by atoms with E-state index in [1.165, 1.54) is 0 Å². The zero-order chi connectivity index (χ0) is 9.61. The molecule has 0 aromatic rings. The molecule has 0 unspecified atom stereocenters. The second kappa shape index (κ2) is 5.29. The lowest BCUT2D eigenvalue weighted by atomic mass is 10.4. The first kappa shape index (κ1) is 11.6. The molecule has 4 nitrogen and oxygen atoms in total. The molecule has 0 radical (unpaired) electrons. The van der Waals surface area contributed by atoms with Crippen molar-refractivity contribution < 1.29 is 13.0 Å². The highest BCUT2D eigenvalue weighted by Crippen LogP contribution is 1.91. The fraction of sp³-hybridized carbons (Fsp3) is 0.714. The van der Waals surface area contributed by atoms with Crippen molar-refractivity contribution in [2.24, 2.45) is 0 Å². The van der Waals surface area contributed by atoms with Gasteiger partial charge in [-0.15, -0.1) is 6.58 Å². The number of hydrogen-bond donors (Lipinski definition) is 1. The van der Waals surface area contributed by atoms with Gasteiger partial charge in [0.15, 0.2) is 0 Å². The van der Waals surface area contributed by atoms with Crippen molar-refractivity contribution in [1.29, 1.82) is 0 Å². The van der Waals surface area contributed by atoms with Gasteiger partial charge in [-0.2, -0.15) is 8.42 Å². The summed E-state index contributed by atoms with van der Waals surface area (Å²) in [5.41, 5.74) is 0. The van der Waals surface area contributed by atoms with Crippen LogP contribution in [-0.4, -0.2) is 43.8 Å². The highest BCUT2D eigenvalue weighted by Gasteiger charge is 2.04. The molecule has 0 fully saturated rings. The molecule has 0 heterocycles. The van der Waals surface area contributed by atoms with Gasteiger partial charge in [-0.1, -0.05) is 6.08 Å². The monoisotopic (exact) mass is 193 g/mol. The SMILES string of the molecule is C=CCN(C)CCCS(=O)(=O)O.